The summed E-state index contributed by atoms with van der Waals surface area (Å²) in [5.41, 5.74) is 2.73. The highest BCUT2D eigenvalue weighted by Gasteiger charge is 2.11. The molecule has 0 atom stereocenters. The predicted molar refractivity (Wildman–Crippen MR) is 95.9 cm³/mol. The first-order valence-corrected chi connectivity index (χ1v) is 8.26. The summed E-state index contributed by atoms with van der Waals surface area (Å²) in [5, 5.41) is 5.64. The van der Waals surface area contributed by atoms with E-state index in [1.807, 2.05) is 32.0 Å². The van der Waals surface area contributed by atoms with Crippen molar-refractivity contribution >= 4 is 33.4 Å². The fraction of sp³-hybridized carbons (Fsp3) is 0.222. The van der Waals surface area contributed by atoms with Crippen molar-refractivity contribution in [3.05, 3.63) is 63.6 Å². The van der Waals surface area contributed by atoms with Crippen LogP contribution in [-0.4, -0.2) is 18.4 Å². The molecule has 5 heteroatoms. The number of halogens is 1. The zero-order valence-corrected chi connectivity index (χ0v) is 14.7. The predicted octanol–water partition coefficient (Wildman–Crippen LogP) is 4.15. The van der Waals surface area contributed by atoms with Crippen LogP contribution in [0.15, 0.2) is 46.9 Å². The lowest BCUT2D eigenvalue weighted by atomic mass is 10.1. The van der Waals surface area contributed by atoms with E-state index in [4.69, 9.17) is 0 Å². The maximum Gasteiger partial charge on any atom is 0.255 e. The van der Waals surface area contributed by atoms with Gasteiger partial charge in [0.15, 0.2) is 0 Å². The Bertz CT molecular complexity index is 729. The molecule has 0 bridgehead atoms. The number of anilines is 1. The van der Waals surface area contributed by atoms with Gasteiger partial charge in [0.05, 0.1) is 0 Å². The maximum atomic E-state index is 12.3. The van der Waals surface area contributed by atoms with Gasteiger partial charge in [-0.15, -0.1) is 0 Å². The molecule has 0 saturated heterocycles. The molecule has 120 valence electrons. The fourth-order valence-electron chi connectivity index (χ4n) is 2.02. The molecule has 0 heterocycles. The van der Waals surface area contributed by atoms with Crippen LogP contribution in [0.1, 0.15) is 39.6 Å². The molecular weight excluding hydrogens is 356 g/mol. The van der Waals surface area contributed by atoms with Gasteiger partial charge in [-0.25, -0.2) is 0 Å². The summed E-state index contributed by atoms with van der Waals surface area (Å²) in [7, 11) is 0. The van der Waals surface area contributed by atoms with Crippen molar-refractivity contribution in [2.75, 3.05) is 11.9 Å². The van der Waals surface area contributed by atoms with Gasteiger partial charge in [-0.1, -0.05) is 35.0 Å². The topological polar surface area (TPSA) is 58.2 Å². The number of benzene rings is 2. The summed E-state index contributed by atoms with van der Waals surface area (Å²) >= 11 is 3.44. The van der Waals surface area contributed by atoms with E-state index < -0.39 is 0 Å². The lowest BCUT2D eigenvalue weighted by Crippen LogP contribution is -2.24. The average Bonchev–Trinajstić information content (AvgIpc) is 2.56. The Morgan fingerprint density at radius 1 is 1.04 bits per heavy atom. The van der Waals surface area contributed by atoms with Crippen molar-refractivity contribution in [1.82, 2.24) is 5.32 Å². The largest absolute Gasteiger partial charge is 0.352 e. The first-order chi connectivity index (χ1) is 11.0. The molecule has 0 fully saturated rings. The van der Waals surface area contributed by atoms with E-state index in [9.17, 15) is 9.59 Å². The van der Waals surface area contributed by atoms with Crippen LogP contribution in [-0.2, 0) is 0 Å². The van der Waals surface area contributed by atoms with E-state index in [2.05, 4.69) is 26.6 Å². The lowest BCUT2D eigenvalue weighted by Gasteiger charge is -2.08. The minimum atomic E-state index is -0.245. The third-order valence-electron chi connectivity index (χ3n) is 3.35. The van der Waals surface area contributed by atoms with Gasteiger partial charge in [0.25, 0.3) is 11.8 Å². The Hall–Kier alpha value is -2.14. The highest BCUT2D eigenvalue weighted by Crippen LogP contribution is 2.21. The molecule has 0 aliphatic rings. The van der Waals surface area contributed by atoms with Crippen molar-refractivity contribution < 1.29 is 9.59 Å². The SMILES string of the molecule is CCCNC(=O)c1cccc(C(=O)Nc2ccc(C)c(Br)c2)c1. The third kappa shape index (κ3) is 4.66. The lowest BCUT2D eigenvalue weighted by molar-refractivity contribution is 0.0953. The molecule has 0 aliphatic carbocycles. The van der Waals surface area contributed by atoms with Gasteiger partial charge in [0, 0.05) is 27.8 Å². The maximum absolute atomic E-state index is 12.3. The molecule has 0 unspecified atom stereocenters. The van der Waals surface area contributed by atoms with Gasteiger partial charge >= 0.3 is 0 Å². The zero-order valence-electron chi connectivity index (χ0n) is 13.2. The number of nitrogens with one attached hydrogen (secondary N) is 2. The summed E-state index contributed by atoms with van der Waals surface area (Å²) in [6.45, 7) is 4.59. The highest BCUT2D eigenvalue weighted by atomic mass is 79.9. The molecule has 0 saturated carbocycles. The number of hydrogen-bond acceptors (Lipinski definition) is 2. The zero-order chi connectivity index (χ0) is 16.8. The van der Waals surface area contributed by atoms with Crippen LogP contribution in [0.4, 0.5) is 5.69 Å². The monoisotopic (exact) mass is 374 g/mol. The fourth-order valence-corrected chi connectivity index (χ4v) is 2.39. The van der Waals surface area contributed by atoms with E-state index in [-0.39, 0.29) is 11.8 Å². The second-order valence-corrected chi connectivity index (χ2v) is 6.11. The van der Waals surface area contributed by atoms with Crippen molar-refractivity contribution in [2.24, 2.45) is 0 Å². The normalized spacial score (nSPS) is 10.2. The van der Waals surface area contributed by atoms with Crippen molar-refractivity contribution in [1.29, 1.82) is 0 Å². The van der Waals surface area contributed by atoms with Gasteiger partial charge in [-0.3, -0.25) is 9.59 Å². The smallest absolute Gasteiger partial charge is 0.255 e. The van der Waals surface area contributed by atoms with E-state index in [1.54, 1.807) is 24.3 Å². The summed E-state index contributed by atoms with van der Waals surface area (Å²) in [4.78, 5) is 24.3. The summed E-state index contributed by atoms with van der Waals surface area (Å²) in [5.74, 6) is -0.412. The number of carbonyl (C=O) groups is 2. The Morgan fingerprint density at radius 2 is 1.74 bits per heavy atom. The molecule has 0 spiro atoms. The van der Waals surface area contributed by atoms with Crippen LogP contribution < -0.4 is 10.6 Å². The summed E-state index contributed by atoms with van der Waals surface area (Å²) < 4.78 is 0.933. The molecule has 23 heavy (non-hydrogen) atoms. The minimum absolute atomic E-state index is 0.167. The minimum Gasteiger partial charge on any atom is -0.352 e. The van der Waals surface area contributed by atoms with Crippen LogP contribution in [0, 0.1) is 6.92 Å². The molecular formula is C18H19BrN2O2. The Balaban J connectivity index is 2.13. The number of aryl methyl sites for hydroxylation is 1. The van der Waals surface area contributed by atoms with Crippen molar-refractivity contribution in [2.45, 2.75) is 20.3 Å². The average molecular weight is 375 g/mol. The molecule has 2 aromatic carbocycles. The third-order valence-corrected chi connectivity index (χ3v) is 4.21. The van der Waals surface area contributed by atoms with E-state index >= 15 is 0 Å². The first kappa shape index (κ1) is 17.2. The Labute approximate surface area is 144 Å². The van der Waals surface area contributed by atoms with Crippen LogP contribution in [0.25, 0.3) is 0 Å². The molecule has 2 aromatic rings. The standard InChI is InChI=1S/C18H19BrN2O2/c1-3-9-20-17(22)13-5-4-6-14(10-13)18(23)21-15-8-7-12(2)16(19)11-15/h4-8,10-11H,3,9H2,1-2H3,(H,20,22)(H,21,23). The van der Waals surface area contributed by atoms with Gasteiger partial charge in [0.1, 0.15) is 0 Å². The van der Waals surface area contributed by atoms with Crippen molar-refractivity contribution in [3.8, 4) is 0 Å². The van der Waals surface area contributed by atoms with Gasteiger partial charge in [-0.2, -0.15) is 0 Å². The molecule has 2 N–H and O–H groups in total. The summed E-state index contributed by atoms with van der Waals surface area (Å²) in [6.07, 6.45) is 0.869. The number of rotatable bonds is 5. The number of hydrogen-bond donors (Lipinski definition) is 2. The second kappa shape index (κ2) is 7.92. The molecule has 0 aliphatic heterocycles. The quantitative estimate of drug-likeness (QED) is 0.825. The van der Waals surface area contributed by atoms with Crippen LogP contribution in [0.3, 0.4) is 0 Å². The van der Waals surface area contributed by atoms with Gasteiger partial charge in [-0.05, 0) is 49.2 Å². The highest BCUT2D eigenvalue weighted by molar-refractivity contribution is 9.10. The first-order valence-electron chi connectivity index (χ1n) is 7.47. The Kier molecular flexibility index (Phi) is 5.93. The van der Waals surface area contributed by atoms with E-state index in [0.29, 0.717) is 23.4 Å². The van der Waals surface area contributed by atoms with E-state index in [1.165, 1.54) is 0 Å². The van der Waals surface area contributed by atoms with Gasteiger partial charge in [0.2, 0.25) is 0 Å². The van der Waals surface area contributed by atoms with Crippen molar-refractivity contribution in [3.63, 3.8) is 0 Å². The van der Waals surface area contributed by atoms with Crippen LogP contribution in [0.2, 0.25) is 0 Å². The summed E-state index contributed by atoms with van der Waals surface area (Å²) in [6, 6.07) is 12.3. The van der Waals surface area contributed by atoms with Gasteiger partial charge < -0.3 is 10.6 Å². The number of amides is 2. The molecule has 0 aromatic heterocycles. The molecule has 0 radical (unpaired) electrons. The van der Waals surface area contributed by atoms with Crippen LogP contribution in [0.5, 0.6) is 0 Å². The molecule has 2 rings (SSSR count). The second-order valence-electron chi connectivity index (χ2n) is 5.25. The number of carbonyl (C=O) groups excluding carboxylic acids is 2. The Morgan fingerprint density at radius 3 is 2.39 bits per heavy atom. The van der Waals surface area contributed by atoms with Crippen LogP contribution >= 0.6 is 15.9 Å². The van der Waals surface area contributed by atoms with E-state index in [0.717, 1.165) is 16.5 Å². The molecule has 2 amide bonds. The molecule has 4 nitrogen and oxygen atoms in total.